The van der Waals surface area contributed by atoms with Crippen LogP contribution in [-0.4, -0.2) is 12.6 Å². The van der Waals surface area contributed by atoms with E-state index in [1.165, 1.54) is 11.6 Å². The van der Waals surface area contributed by atoms with Crippen LogP contribution in [0.3, 0.4) is 0 Å². The minimum Gasteiger partial charge on any atom is -0.370 e. The third kappa shape index (κ3) is 4.55. The van der Waals surface area contributed by atoms with E-state index < -0.39 is 0 Å². The van der Waals surface area contributed by atoms with E-state index in [9.17, 15) is 4.39 Å². The summed E-state index contributed by atoms with van der Waals surface area (Å²) in [5.74, 6) is -0.151. The molecule has 0 aliphatic carbocycles. The molecule has 2 aromatic rings. The Balaban J connectivity index is 2.20. The summed E-state index contributed by atoms with van der Waals surface area (Å²) in [6.07, 6.45) is 0. The molecule has 0 aliphatic heterocycles. The van der Waals surface area contributed by atoms with Gasteiger partial charge in [0.15, 0.2) is 0 Å². The minimum absolute atomic E-state index is 0.0362. The summed E-state index contributed by atoms with van der Waals surface area (Å²) >= 11 is 1.68. The van der Waals surface area contributed by atoms with Gasteiger partial charge < -0.3 is 10.2 Å². The van der Waals surface area contributed by atoms with Gasteiger partial charge in [-0.25, -0.2) is 4.39 Å². The lowest BCUT2D eigenvalue weighted by molar-refractivity contribution is 0.418. The number of benzene rings is 1. The Labute approximate surface area is 130 Å². The first-order chi connectivity index (χ1) is 9.87. The van der Waals surface area contributed by atoms with E-state index in [1.54, 1.807) is 17.4 Å². The fourth-order valence-electron chi connectivity index (χ4n) is 2.18. The van der Waals surface area contributed by atoms with Gasteiger partial charge in [0, 0.05) is 36.9 Å². The van der Waals surface area contributed by atoms with E-state index in [0.29, 0.717) is 6.54 Å². The van der Waals surface area contributed by atoms with Crippen molar-refractivity contribution in [1.29, 1.82) is 0 Å². The van der Waals surface area contributed by atoms with Crippen LogP contribution in [0.1, 0.15) is 31.9 Å². The molecule has 0 atom stereocenters. The molecule has 2 nitrogen and oxygen atoms in total. The number of hydrogen-bond acceptors (Lipinski definition) is 3. The number of hydrogen-bond donors (Lipinski definition) is 1. The first kappa shape index (κ1) is 16.0. The summed E-state index contributed by atoms with van der Waals surface area (Å²) in [6, 6.07) is 7.39. The van der Waals surface area contributed by atoms with Crippen molar-refractivity contribution in [2.75, 3.05) is 11.9 Å². The second-order valence-corrected chi connectivity index (χ2v) is 7.11. The molecule has 0 saturated carbocycles. The molecule has 0 unspecified atom stereocenters. The van der Waals surface area contributed by atoms with Crippen LogP contribution in [0.4, 0.5) is 10.1 Å². The van der Waals surface area contributed by atoms with Gasteiger partial charge in [-0.1, -0.05) is 6.07 Å². The van der Waals surface area contributed by atoms with Crippen LogP contribution in [0, 0.1) is 5.82 Å². The predicted octanol–water partition coefficient (Wildman–Crippen LogP) is 4.41. The molecule has 2 rings (SSSR count). The Kier molecular flexibility index (Phi) is 5.01. The average Bonchev–Trinajstić information content (AvgIpc) is 2.88. The molecular formula is C17H23FN2S. The maximum Gasteiger partial charge on any atom is 0.129 e. The number of rotatable bonds is 5. The summed E-state index contributed by atoms with van der Waals surface area (Å²) in [6.45, 7) is 7.57. The van der Waals surface area contributed by atoms with Gasteiger partial charge in [0.25, 0.3) is 0 Å². The quantitative estimate of drug-likeness (QED) is 0.880. The van der Waals surface area contributed by atoms with E-state index in [0.717, 1.165) is 17.8 Å². The van der Waals surface area contributed by atoms with E-state index in [2.05, 4.69) is 47.8 Å². The van der Waals surface area contributed by atoms with Crippen LogP contribution in [0.2, 0.25) is 0 Å². The zero-order valence-electron chi connectivity index (χ0n) is 13.1. The molecule has 114 valence electrons. The Morgan fingerprint density at radius 3 is 2.62 bits per heavy atom. The minimum atomic E-state index is -0.151. The standard InChI is InChI=1S/C17H23FN2S/c1-17(2,3)19-10-14-15(18)6-5-7-16(14)20(4)11-13-8-9-21-12-13/h5-9,12,19H,10-11H2,1-4H3. The molecule has 4 heteroatoms. The second-order valence-electron chi connectivity index (χ2n) is 6.33. The second kappa shape index (κ2) is 6.58. The van der Waals surface area contributed by atoms with Crippen molar-refractivity contribution >= 4 is 17.0 Å². The number of halogens is 1. The largest absolute Gasteiger partial charge is 0.370 e. The number of nitrogens with zero attached hydrogens (tertiary/aromatic N) is 1. The monoisotopic (exact) mass is 306 g/mol. The maximum absolute atomic E-state index is 14.2. The van der Waals surface area contributed by atoms with Crippen LogP contribution in [0.5, 0.6) is 0 Å². The van der Waals surface area contributed by atoms with E-state index in [-0.39, 0.29) is 11.4 Å². The molecule has 0 radical (unpaired) electrons. The fourth-order valence-corrected chi connectivity index (χ4v) is 2.83. The molecule has 0 bridgehead atoms. The van der Waals surface area contributed by atoms with Gasteiger partial charge in [0.2, 0.25) is 0 Å². The topological polar surface area (TPSA) is 15.3 Å². The average molecular weight is 306 g/mol. The van der Waals surface area contributed by atoms with Gasteiger partial charge in [-0.05, 0) is 55.3 Å². The molecular weight excluding hydrogens is 283 g/mol. The van der Waals surface area contributed by atoms with Gasteiger partial charge >= 0.3 is 0 Å². The fraction of sp³-hybridized carbons (Fsp3) is 0.412. The summed E-state index contributed by atoms with van der Waals surface area (Å²) in [7, 11) is 2.01. The smallest absolute Gasteiger partial charge is 0.129 e. The maximum atomic E-state index is 14.2. The molecule has 1 N–H and O–H groups in total. The van der Waals surface area contributed by atoms with Crippen LogP contribution < -0.4 is 10.2 Å². The lowest BCUT2D eigenvalue weighted by Gasteiger charge is -2.26. The highest BCUT2D eigenvalue weighted by atomic mass is 32.1. The lowest BCUT2D eigenvalue weighted by Crippen LogP contribution is -2.35. The molecule has 21 heavy (non-hydrogen) atoms. The Morgan fingerprint density at radius 1 is 1.24 bits per heavy atom. The molecule has 0 aliphatic rings. The predicted molar refractivity (Wildman–Crippen MR) is 89.4 cm³/mol. The summed E-state index contributed by atoms with van der Waals surface area (Å²) in [4.78, 5) is 2.10. The molecule has 1 heterocycles. The number of thiophene rings is 1. The van der Waals surface area contributed by atoms with Gasteiger partial charge in [0.05, 0.1) is 0 Å². The Hall–Kier alpha value is -1.39. The summed E-state index contributed by atoms with van der Waals surface area (Å²) in [5.41, 5.74) is 2.88. The highest BCUT2D eigenvalue weighted by molar-refractivity contribution is 7.07. The van der Waals surface area contributed by atoms with Gasteiger partial charge in [-0.15, -0.1) is 0 Å². The molecule has 0 fully saturated rings. The van der Waals surface area contributed by atoms with Crippen molar-refractivity contribution in [3.05, 3.63) is 52.0 Å². The van der Waals surface area contributed by atoms with Crippen LogP contribution in [-0.2, 0) is 13.1 Å². The van der Waals surface area contributed by atoms with Gasteiger partial charge in [0.1, 0.15) is 5.82 Å². The zero-order valence-corrected chi connectivity index (χ0v) is 13.9. The van der Waals surface area contributed by atoms with Crippen molar-refractivity contribution in [3.63, 3.8) is 0 Å². The van der Waals surface area contributed by atoms with Crippen molar-refractivity contribution in [2.24, 2.45) is 0 Å². The normalized spacial score (nSPS) is 11.7. The summed E-state index contributed by atoms with van der Waals surface area (Å²) in [5, 5.41) is 7.56. The highest BCUT2D eigenvalue weighted by Gasteiger charge is 2.15. The van der Waals surface area contributed by atoms with E-state index in [4.69, 9.17) is 0 Å². The zero-order chi connectivity index (χ0) is 15.5. The lowest BCUT2D eigenvalue weighted by atomic mass is 10.1. The number of nitrogens with one attached hydrogen (secondary N) is 1. The molecule has 0 amide bonds. The van der Waals surface area contributed by atoms with Gasteiger partial charge in [-0.2, -0.15) is 11.3 Å². The van der Waals surface area contributed by atoms with Crippen molar-refractivity contribution < 1.29 is 4.39 Å². The number of anilines is 1. The van der Waals surface area contributed by atoms with Crippen LogP contribution in [0.25, 0.3) is 0 Å². The van der Waals surface area contributed by atoms with Crippen LogP contribution in [0.15, 0.2) is 35.0 Å². The van der Waals surface area contributed by atoms with Gasteiger partial charge in [-0.3, -0.25) is 0 Å². The van der Waals surface area contributed by atoms with Crippen LogP contribution >= 0.6 is 11.3 Å². The molecule has 1 aromatic heterocycles. The molecule has 0 spiro atoms. The van der Waals surface area contributed by atoms with Crippen molar-refractivity contribution in [2.45, 2.75) is 39.4 Å². The molecule has 0 saturated heterocycles. The Morgan fingerprint density at radius 2 is 2.00 bits per heavy atom. The summed E-state index contributed by atoms with van der Waals surface area (Å²) < 4.78 is 14.2. The van der Waals surface area contributed by atoms with E-state index >= 15 is 0 Å². The molecule has 1 aromatic carbocycles. The third-order valence-electron chi connectivity index (χ3n) is 3.30. The first-order valence-electron chi connectivity index (χ1n) is 7.11. The van der Waals surface area contributed by atoms with Crippen molar-refractivity contribution in [3.8, 4) is 0 Å². The Bertz CT molecular complexity index is 573. The SMILES string of the molecule is CN(Cc1ccsc1)c1cccc(F)c1CNC(C)(C)C. The highest BCUT2D eigenvalue weighted by Crippen LogP contribution is 2.24. The van der Waals surface area contributed by atoms with Crippen molar-refractivity contribution in [1.82, 2.24) is 5.32 Å². The third-order valence-corrected chi connectivity index (χ3v) is 4.03. The first-order valence-corrected chi connectivity index (χ1v) is 8.06. The van der Waals surface area contributed by atoms with E-state index in [1.807, 2.05) is 13.1 Å².